The molecule has 90 valence electrons. The number of rotatable bonds is 2. The maximum atomic E-state index is 13.7. The van der Waals surface area contributed by atoms with E-state index in [1.54, 1.807) is 0 Å². The summed E-state index contributed by atoms with van der Waals surface area (Å²) < 4.78 is 26.8. The lowest BCUT2D eigenvalue weighted by atomic mass is 9.99. The molecule has 1 N–H and O–H groups in total. The first kappa shape index (κ1) is 12.0. The molecule has 0 radical (unpaired) electrons. The van der Waals surface area contributed by atoms with Gasteiger partial charge in [-0.05, 0) is 17.7 Å². The summed E-state index contributed by atoms with van der Waals surface area (Å²) in [4.78, 5) is 14.1. The first-order chi connectivity index (χ1) is 8.65. The van der Waals surface area contributed by atoms with Crippen LogP contribution in [0.3, 0.4) is 0 Å². The number of halogens is 2. The monoisotopic (exact) mass is 246 g/mol. The van der Waals surface area contributed by atoms with Gasteiger partial charge in [0.15, 0.2) is 11.6 Å². The molecule has 0 amide bonds. The number of hydrogen-bond acceptors (Lipinski definition) is 2. The zero-order valence-corrected chi connectivity index (χ0v) is 9.21. The third kappa shape index (κ3) is 2.00. The Morgan fingerprint density at radius 2 is 2.06 bits per heavy atom. The smallest absolute Gasteiger partial charge is 0.256 e. The molecule has 0 fully saturated rings. The third-order valence-electron chi connectivity index (χ3n) is 2.54. The maximum Gasteiger partial charge on any atom is 0.256 e. The second-order valence-corrected chi connectivity index (χ2v) is 3.64. The molecule has 3 nitrogen and oxygen atoms in total. The van der Waals surface area contributed by atoms with Crippen molar-refractivity contribution in [2.75, 3.05) is 0 Å². The summed E-state index contributed by atoms with van der Waals surface area (Å²) in [5.41, 5.74) is -0.323. The first-order valence-corrected chi connectivity index (χ1v) is 5.17. The molecule has 18 heavy (non-hydrogen) atoms. The van der Waals surface area contributed by atoms with Gasteiger partial charge in [0.05, 0.1) is 18.1 Å². The minimum atomic E-state index is -1.09. The van der Waals surface area contributed by atoms with Gasteiger partial charge in [-0.15, -0.1) is 0 Å². The zero-order valence-electron chi connectivity index (χ0n) is 9.21. The Labute approximate surface area is 101 Å². The van der Waals surface area contributed by atoms with E-state index < -0.39 is 17.2 Å². The van der Waals surface area contributed by atoms with Gasteiger partial charge in [-0.2, -0.15) is 5.26 Å². The van der Waals surface area contributed by atoms with Gasteiger partial charge >= 0.3 is 0 Å². The minimum Gasteiger partial charge on any atom is -0.329 e. The Morgan fingerprint density at radius 1 is 1.28 bits per heavy atom. The van der Waals surface area contributed by atoms with E-state index in [1.165, 1.54) is 24.4 Å². The fourth-order valence-electron chi connectivity index (χ4n) is 1.74. The van der Waals surface area contributed by atoms with Crippen molar-refractivity contribution in [3.8, 4) is 17.2 Å². The number of nitriles is 1. The van der Waals surface area contributed by atoms with E-state index >= 15 is 0 Å². The lowest BCUT2D eigenvalue weighted by Gasteiger charge is -2.07. The molecular weight excluding hydrogens is 238 g/mol. The average molecular weight is 246 g/mol. The molecular formula is C13H8F2N2O. The van der Waals surface area contributed by atoms with Crippen LogP contribution in [0.15, 0.2) is 35.3 Å². The minimum absolute atomic E-state index is 0.00366. The van der Waals surface area contributed by atoms with E-state index in [1.807, 2.05) is 6.07 Å². The van der Waals surface area contributed by atoms with Crippen molar-refractivity contribution >= 4 is 0 Å². The van der Waals surface area contributed by atoms with Gasteiger partial charge < -0.3 is 4.98 Å². The van der Waals surface area contributed by atoms with Gasteiger partial charge in [0, 0.05) is 11.8 Å². The van der Waals surface area contributed by atoms with Crippen molar-refractivity contribution in [2.24, 2.45) is 0 Å². The van der Waals surface area contributed by atoms with Crippen molar-refractivity contribution in [3.05, 3.63) is 58.0 Å². The summed E-state index contributed by atoms with van der Waals surface area (Å²) in [5, 5.41) is 8.68. The van der Waals surface area contributed by atoms with Crippen LogP contribution in [0.5, 0.6) is 0 Å². The van der Waals surface area contributed by atoms with Gasteiger partial charge in [-0.25, -0.2) is 8.78 Å². The molecule has 0 bridgehead atoms. The Hall–Kier alpha value is -2.48. The second kappa shape index (κ2) is 4.80. The zero-order chi connectivity index (χ0) is 13.1. The van der Waals surface area contributed by atoms with Crippen LogP contribution >= 0.6 is 0 Å². The largest absolute Gasteiger partial charge is 0.329 e. The highest BCUT2D eigenvalue weighted by Gasteiger charge is 2.16. The predicted octanol–water partition coefficient (Wildman–Crippen LogP) is 2.39. The highest BCUT2D eigenvalue weighted by atomic mass is 19.2. The maximum absolute atomic E-state index is 13.7. The molecule has 5 heteroatoms. The number of aromatic nitrogens is 1. The van der Waals surface area contributed by atoms with E-state index in [0.29, 0.717) is 5.56 Å². The lowest BCUT2D eigenvalue weighted by molar-refractivity contribution is 0.511. The van der Waals surface area contributed by atoms with E-state index in [4.69, 9.17) is 5.26 Å². The highest BCUT2D eigenvalue weighted by molar-refractivity contribution is 5.67. The molecule has 0 aliphatic carbocycles. The van der Waals surface area contributed by atoms with Crippen molar-refractivity contribution < 1.29 is 8.78 Å². The number of aromatic amines is 1. The molecule has 1 aromatic heterocycles. The molecule has 0 spiro atoms. The number of H-pyrrole nitrogens is 1. The molecule has 2 aromatic rings. The Bertz CT molecular complexity index is 686. The third-order valence-corrected chi connectivity index (χ3v) is 2.54. The fourth-order valence-corrected chi connectivity index (χ4v) is 1.74. The van der Waals surface area contributed by atoms with Crippen LogP contribution in [-0.2, 0) is 6.42 Å². The summed E-state index contributed by atoms with van der Waals surface area (Å²) >= 11 is 0. The van der Waals surface area contributed by atoms with E-state index in [2.05, 4.69) is 4.98 Å². The SMILES string of the molecule is N#CCc1cc[nH]c(=O)c1-c1cccc(F)c1F. The normalized spacial score (nSPS) is 10.1. The van der Waals surface area contributed by atoms with E-state index in [-0.39, 0.29) is 17.5 Å². The van der Waals surface area contributed by atoms with Crippen molar-refractivity contribution in [1.82, 2.24) is 4.98 Å². The van der Waals surface area contributed by atoms with Crippen molar-refractivity contribution in [2.45, 2.75) is 6.42 Å². The van der Waals surface area contributed by atoms with Crippen LogP contribution in [0, 0.1) is 23.0 Å². The summed E-state index contributed by atoms with van der Waals surface area (Å²) in [6.07, 6.45) is 1.32. The predicted molar refractivity (Wildman–Crippen MR) is 61.7 cm³/mol. The van der Waals surface area contributed by atoms with Crippen LogP contribution in [0.2, 0.25) is 0 Å². The summed E-state index contributed by atoms with van der Waals surface area (Å²) in [6.45, 7) is 0. The first-order valence-electron chi connectivity index (χ1n) is 5.17. The quantitative estimate of drug-likeness (QED) is 0.884. The summed E-state index contributed by atoms with van der Waals surface area (Å²) in [5.74, 6) is -2.12. The summed E-state index contributed by atoms with van der Waals surface area (Å²) in [6, 6.07) is 6.99. The van der Waals surface area contributed by atoms with Gasteiger partial charge in [-0.3, -0.25) is 4.79 Å². The second-order valence-electron chi connectivity index (χ2n) is 3.64. The number of nitrogens with one attached hydrogen (secondary N) is 1. The molecule has 1 heterocycles. The average Bonchev–Trinajstić information content (AvgIpc) is 2.34. The molecule has 0 saturated heterocycles. The van der Waals surface area contributed by atoms with E-state index in [0.717, 1.165) is 6.07 Å². The number of nitrogens with zero attached hydrogens (tertiary/aromatic N) is 1. The van der Waals surface area contributed by atoms with Gasteiger partial charge in [0.25, 0.3) is 5.56 Å². The molecule has 0 atom stereocenters. The van der Waals surface area contributed by atoms with Gasteiger partial charge in [-0.1, -0.05) is 12.1 Å². The molecule has 0 aliphatic rings. The lowest BCUT2D eigenvalue weighted by Crippen LogP contribution is -2.12. The van der Waals surface area contributed by atoms with Crippen LogP contribution in [0.1, 0.15) is 5.56 Å². The highest BCUT2D eigenvalue weighted by Crippen LogP contribution is 2.24. The van der Waals surface area contributed by atoms with E-state index in [9.17, 15) is 13.6 Å². The Morgan fingerprint density at radius 3 is 2.78 bits per heavy atom. The van der Waals surface area contributed by atoms with Crippen LogP contribution < -0.4 is 5.56 Å². The number of pyridine rings is 1. The van der Waals surface area contributed by atoms with Crippen LogP contribution in [0.4, 0.5) is 8.78 Å². The Balaban J connectivity index is 2.75. The topological polar surface area (TPSA) is 56.6 Å². The summed E-state index contributed by atoms with van der Waals surface area (Å²) in [7, 11) is 0. The van der Waals surface area contributed by atoms with Gasteiger partial charge in [0.2, 0.25) is 0 Å². The Kier molecular flexibility index (Phi) is 3.20. The molecule has 1 aromatic carbocycles. The van der Waals surface area contributed by atoms with Crippen LogP contribution in [0.25, 0.3) is 11.1 Å². The number of hydrogen-bond donors (Lipinski definition) is 1. The standard InChI is InChI=1S/C13H8F2N2O/c14-10-3-1-2-9(12(10)15)11-8(4-6-16)5-7-17-13(11)18/h1-3,5,7H,4H2,(H,17,18). The van der Waals surface area contributed by atoms with Crippen molar-refractivity contribution in [1.29, 1.82) is 5.26 Å². The molecule has 0 saturated carbocycles. The van der Waals surface area contributed by atoms with Crippen LogP contribution in [-0.4, -0.2) is 4.98 Å². The van der Waals surface area contributed by atoms with Gasteiger partial charge in [0.1, 0.15) is 0 Å². The number of benzene rings is 1. The molecule has 0 aliphatic heterocycles. The molecule has 0 unspecified atom stereocenters. The fraction of sp³-hybridized carbons (Fsp3) is 0.0769. The van der Waals surface area contributed by atoms with Crippen molar-refractivity contribution in [3.63, 3.8) is 0 Å². The molecule has 2 rings (SSSR count).